The lowest BCUT2D eigenvalue weighted by atomic mass is 9.85. The predicted molar refractivity (Wildman–Crippen MR) is 78.1 cm³/mol. The fourth-order valence-electron chi connectivity index (χ4n) is 2.91. The molecule has 3 heteroatoms. The number of piperidine rings is 1. The third-order valence-electron chi connectivity index (χ3n) is 4.49. The average molecular weight is 267 g/mol. The molecule has 102 valence electrons. The quantitative estimate of drug-likeness (QED) is 0.885. The summed E-state index contributed by atoms with van der Waals surface area (Å²) in [6, 6.07) is 4.19. The molecular weight excluding hydrogens is 242 g/mol. The first-order chi connectivity index (χ1) is 8.66. The number of rotatable bonds is 5. The minimum Gasteiger partial charge on any atom is -0.391 e. The Kier molecular flexibility index (Phi) is 4.82. The molecule has 2 heterocycles. The molecule has 1 aliphatic rings. The molecule has 0 aliphatic carbocycles. The van der Waals surface area contributed by atoms with Crippen molar-refractivity contribution in [2.75, 3.05) is 13.1 Å². The van der Waals surface area contributed by atoms with Crippen molar-refractivity contribution in [1.82, 2.24) is 4.90 Å². The molecule has 1 N–H and O–H groups in total. The summed E-state index contributed by atoms with van der Waals surface area (Å²) in [5.74, 6) is 0. The van der Waals surface area contributed by atoms with E-state index in [4.69, 9.17) is 0 Å². The van der Waals surface area contributed by atoms with E-state index in [1.165, 1.54) is 24.1 Å². The van der Waals surface area contributed by atoms with E-state index in [9.17, 15) is 5.11 Å². The van der Waals surface area contributed by atoms with Crippen molar-refractivity contribution in [2.45, 2.75) is 57.6 Å². The Morgan fingerprint density at radius 2 is 2.11 bits per heavy atom. The van der Waals surface area contributed by atoms with Crippen LogP contribution in [-0.2, 0) is 6.42 Å². The van der Waals surface area contributed by atoms with Gasteiger partial charge in [0.2, 0.25) is 0 Å². The molecule has 0 spiro atoms. The van der Waals surface area contributed by atoms with E-state index in [1.807, 2.05) is 0 Å². The summed E-state index contributed by atoms with van der Waals surface area (Å²) in [6.07, 6.45) is 5.44. The zero-order chi connectivity index (χ0) is 13.0. The van der Waals surface area contributed by atoms with Crippen molar-refractivity contribution in [3.8, 4) is 0 Å². The monoisotopic (exact) mass is 267 g/mol. The minimum absolute atomic E-state index is 0.0651. The molecule has 2 rings (SSSR count). The van der Waals surface area contributed by atoms with E-state index < -0.39 is 0 Å². The molecule has 1 aliphatic heterocycles. The molecule has 1 fully saturated rings. The molecule has 2 atom stereocenters. The summed E-state index contributed by atoms with van der Waals surface area (Å²) in [5.41, 5.74) is -0.0651. The highest BCUT2D eigenvalue weighted by molar-refractivity contribution is 7.09. The van der Waals surface area contributed by atoms with Gasteiger partial charge in [-0.3, -0.25) is 4.90 Å². The molecule has 0 radical (unpaired) electrons. The highest BCUT2D eigenvalue weighted by Gasteiger charge is 2.37. The van der Waals surface area contributed by atoms with Crippen LogP contribution < -0.4 is 0 Å². The van der Waals surface area contributed by atoms with Crippen molar-refractivity contribution < 1.29 is 5.11 Å². The maximum atomic E-state index is 10.7. The Bertz CT molecular complexity index is 345. The SMILES string of the molecule is CCC(C)(C(O)Cc1cccs1)N1CCCCC1. The first-order valence-corrected chi connectivity index (χ1v) is 8.00. The number of aliphatic hydroxyl groups is 1. The second-order valence-electron chi connectivity index (χ2n) is 5.56. The van der Waals surface area contributed by atoms with Crippen LogP contribution in [0.5, 0.6) is 0 Å². The zero-order valence-electron chi connectivity index (χ0n) is 11.6. The van der Waals surface area contributed by atoms with E-state index in [1.54, 1.807) is 11.3 Å². The molecule has 2 unspecified atom stereocenters. The molecular formula is C15H25NOS. The largest absolute Gasteiger partial charge is 0.391 e. The standard InChI is InChI=1S/C15H25NOS/c1-3-15(2,16-9-5-4-6-10-16)14(17)12-13-8-7-11-18-13/h7-8,11,14,17H,3-6,9-10,12H2,1-2H3. The molecule has 0 bridgehead atoms. The van der Waals surface area contributed by atoms with Gasteiger partial charge in [0.25, 0.3) is 0 Å². The smallest absolute Gasteiger partial charge is 0.0769 e. The van der Waals surface area contributed by atoms with E-state index in [2.05, 4.69) is 36.3 Å². The van der Waals surface area contributed by atoms with Gasteiger partial charge in [-0.05, 0) is 50.7 Å². The van der Waals surface area contributed by atoms with Crippen molar-refractivity contribution in [3.63, 3.8) is 0 Å². The van der Waals surface area contributed by atoms with Crippen LogP contribution in [0.3, 0.4) is 0 Å². The van der Waals surface area contributed by atoms with Crippen LogP contribution in [0.2, 0.25) is 0 Å². The highest BCUT2D eigenvalue weighted by atomic mass is 32.1. The van der Waals surface area contributed by atoms with E-state index in [0.717, 1.165) is 25.9 Å². The van der Waals surface area contributed by atoms with Crippen molar-refractivity contribution in [1.29, 1.82) is 0 Å². The molecule has 1 saturated heterocycles. The number of aliphatic hydroxyl groups excluding tert-OH is 1. The van der Waals surface area contributed by atoms with Crippen molar-refractivity contribution >= 4 is 11.3 Å². The topological polar surface area (TPSA) is 23.5 Å². The molecule has 0 saturated carbocycles. The third kappa shape index (κ3) is 2.95. The van der Waals surface area contributed by atoms with Crippen LogP contribution in [0.25, 0.3) is 0 Å². The molecule has 1 aromatic rings. The van der Waals surface area contributed by atoms with Crippen LogP contribution in [-0.4, -0.2) is 34.7 Å². The van der Waals surface area contributed by atoms with E-state index in [0.29, 0.717) is 0 Å². The first kappa shape index (κ1) is 14.0. The number of hydrogen-bond acceptors (Lipinski definition) is 3. The van der Waals surface area contributed by atoms with E-state index >= 15 is 0 Å². The van der Waals surface area contributed by atoms with Gasteiger partial charge in [-0.25, -0.2) is 0 Å². The maximum Gasteiger partial charge on any atom is 0.0769 e. The number of hydrogen-bond donors (Lipinski definition) is 1. The van der Waals surface area contributed by atoms with Gasteiger partial charge in [-0.15, -0.1) is 11.3 Å². The van der Waals surface area contributed by atoms with Crippen LogP contribution in [0.4, 0.5) is 0 Å². The lowest BCUT2D eigenvalue weighted by molar-refractivity contribution is -0.0325. The lowest BCUT2D eigenvalue weighted by Gasteiger charge is -2.46. The Balaban J connectivity index is 2.04. The maximum absolute atomic E-state index is 10.7. The second-order valence-corrected chi connectivity index (χ2v) is 6.59. The summed E-state index contributed by atoms with van der Waals surface area (Å²) >= 11 is 1.75. The van der Waals surface area contributed by atoms with Crippen molar-refractivity contribution in [2.24, 2.45) is 0 Å². The third-order valence-corrected chi connectivity index (χ3v) is 5.39. The highest BCUT2D eigenvalue weighted by Crippen LogP contribution is 2.29. The van der Waals surface area contributed by atoms with Crippen molar-refractivity contribution in [3.05, 3.63) is 22.4 Å². The Morgan fingerprint density at radius 3 is 2.67 bits per heavy atom. The molecule has 1 aromatic heterocycles. The van der Waals surface area contributed by atoms with Gasteiger partial charge in [0.1, 0.15) is 0 Å². The summed E-state index contributed by atoms with van der Waals surface area (Å²) in [7, 11) is 0. The zero-order valence-corrected chi connectivity index (χ0v) is 12.4. The predicted octanol–water partition coefficient (Wildman–Crippen LogP) is 3.31. The van der Waals surface area contributed by atoms with Crippen LogP contribution >= 0.6 is 11.3 Å². The molecule has 2 nitrogen and oxygen atoms in total. The van der Waals surface area contributed by atoms with Crippen LogP contribution in [0.1, 0.15) is 44.4 Å². The summed E-state index contributed by atoms with van der Waals surface area (Å²) in [5, 5.41) is 12.7. The van der Waals surface area contributed by atoms with Gasteiger partial charge < -0.3 is 5.11 Å². The Morgan fingerprint density at radius 1 is 1.39 bits per heavy atom. The summed E-state index contributed by atoms with van der Waals surface area (Å²) in [4.78, 5) is 3.80. The summed E-state index contributed by atoms with van der Waals surface area (Å²) in [6.45, 7) is 6.72. The average Bonchev–Trinajstić information content (AvgIpc) is 2.91. The Labute approximate surface area is 115 Å². The Hall–Kier alpha value is -0.380. The van der Waals surface area contributed by atoms with Crippen LogP contribution in [0.15, 0.2) is 17.5 Å². The molecule has 0 amide bonds. The second kappa shape index (κ2) is 6.18. The molecule has 0 aromatic carbocycles. The minimum atomic E-state index is -0.265. The normalized spacial score (nSPS) is 22.6. The first-order valence-electron chi connectivity index (χ1n) is 7.12. The fourth-order valence-corrected chi connectivity index (χ4v) is 3.66. The summed E-state index contributed by atoms with van der Waals surface area (Å²) < 4.78 is 0. The van der Waals surface area contributed by atoms with Gasteiger partial charge in [0.05, 0.1) is 6.10 Å². The number of likely N-dealkylation sites (tertiary alicyclic amines) is 1. The molecule has 18 heavy (non-hydrogen) atoms. The van der Waals surface area contributed by atoms with Gasteiger partial charge in [-0.1, -0.05) is 19.4 Å². The van der Waals surface area contributed by atoms with E-state index in [-0.39, 0.29) is 11.6 Å². The number of nitrogens with zero attached hydrogens (tertiary/aromatic N) is 1. The fraction of sp³-hybridized carbons (Fsp3) is 0.733. The van der Waals surface area contributed by atoms with Gasteiger partial charge in [-0.2, -0.15) is 0 Å². The van der Waals surface area contributed by atoms with Crippen LogP contribution in [0, 0.1) is 0 Å². The van der Waals surface area contributed by atoms with Gasteiger partial charge in [0.15, 0.2) is 0 Å². The number of thiophene rings is 1. The lowest BCUT2D eigenvalue weighted by Crippen LogP contribution is -2.56. The van der Waals surface area contributed by atoms with Gasteiger partial charge in [0, 0.05) is 16.8 Å². The van der Waals surface area contributed by atoms with Gasteiger partial charge >= 0.3 is 0 Å².